The molecule has 0 fully saturated rings. The van der Waals surface area contributed by atoms with Gasteiger partial charge in [-0.2, -0.15) is 0 Å². The summed E-state index contributed by atoms with van der Waals surface area (Å²) in [5.74, 6) is 0.257. The van der Waals surface area contributed by atoms with Gasteiger partial charge >= 0.3 is 0 Å². The quantitative estimate of drug-likeness (QED) is 0.560. The van der Waals surface area contributed by atoms with E-state index in [-0.39, 0.29) is 11.4 Å². The van der Waals surface area contributed by atoms with Crippen LogP contribution < -0.4 is 14.4 Å². The van der Waals surface area contributed by atoms with Gasteiger partial charge in [-0.25, -0.2) is 8.42 Å². The van der Waals surface area contributed by atoms with E-state index < -0.39 is 15.9 Å². The molecule has 3 aromatic rings. The van der Waals surface area contributed by atoms with Crippen LogP contribution in [0.5, 0.6) is 5.75 Å². The highest BCUT2D eigenvalue weighted by Crippen LogP contribution is 2.27. The highest BCUT2D eigenvalue weighted by atomic mass is 32.2. The smallest absolute Gasteiger partial charge is 0.264 e. The second kappa shape index (κ2) is 9.66. The second-order valence-electron chi connectivity index (χ2n) is 7.12. The minimum Gasteiger partial charge on any atom is -0.494 e. The first kappa shape index (κ1) is 22.4. The molecule has 0 atom stereocenters. The summed E-state index contributed by atoms with van der Waals surface area (Å²) in [6, 6.07) is 20.6. The van der Waals surface area contributed by atoms with Crippen LogP contribution in [0.3, 0.4) is 0 Å². The van der Waals surface area contributed by atoms with Crippen molar-refractivity contribution in [2.45, 2.75) is 25.7 Å². The summed E-state index contributed by atoms with van der Waals surface area (Å²) in [7, 11) is -3.94. The van der Waals surface area contributed by atoms with Crippen molar-refractivity contribution in [1.82, 2.24) is 0 Å². The number of rotatable bonds is 8. The predicted octanol–water partition coefficient (Wildman–Crippen LogP) is 4.54. The SMILES string of the molecule is CCOc1ccc(NC(=O)CN(c2ccccc2C)S(=O)(=O)c2ccc(C)cc2)cc1. The van der Waals surface area contributed by atoms with E-state index >= 15 is 0 Å². The number of sulfonamides is 1. The molecule has 3 rings (SSSR count). The summed E-state index contributed by atoms with van der Waals surface area (Å²) < 4.78 is 33.4. The van der Waals surface area contributed by atoms with Gasteiger partial charge in [-0.3, -0.25) is 9.10 Å². The lowest BCUT2D eigenvalue weighted by atomic mass is 10.2. The number of amides is 1. The van der Waals surface area contributed by atoms with Crippen molar-refractivity contribution in [3.05, 3.63) is 83.9 Å². The van der Waals surface area contributed by atoms with Crippen molar-refractivity contribution in [3.8, 4) is 5.75 Å². The van der Waals surface area contributed by atoms with Crippen LogP contribution in [0.25, 0.3) is 0 Å². The van der Waals surface area contributed by atoms with E-state index in [1.54, 1.807) is 60.7 Å². The molecule has 0 saturated heterocycles. The molecule has 0 heterocycles. The fraction of sp³-hybridized carbons (Fsp3) is 0.208. The standard InChI is InChI=1S/C24H26N2O4S/c1-4-30-21-13-11-20(12-14-21)25-24(27)17-26(23-8-6-5-7-19(23)3)31(28,29)22-15-9-18(2)10-16-22/h5-16H,4,17H2,1-3H3,(H,25,27). The molecule has 1 N–H and O–H groups in total. The van der Waals surface area contributed by atoms with Gasteiger partial charge in [0.05, 0.1) is 17.2 Å². The second-order valence-corrected chi connectivity index (χ2v) is 8.98. The van der Waals surface area contributed by atoms with Crippen LogP contribution in [0, 0.1) is 13.8 Å². The number of hydrogen-bond acceptors (Lipinski definition) is 4. The van der Waals surface area contributed by atoms with Crippen molar-refractivity contribution in [1.29, 1.82) is 0 Å². The Morgan fingerprint density at radius 2 is 1.58 bits per heavy atom. The largest absolute Gasteiger partial charge is 0.494 e. The normalized spacial score (nSPS) is 11.1. The van der Waals surface area contributed by atoms with Gasteiger partial charge in [0.25, 0.3) is 10.0 Å². The van der Waals surface area contributed by atoms with E-state index in [0.717, 1.165) is 15.4 Å². The Bertz CT molecular complexity index is 1140. The zero-order valence-electron chi connectivity index (χ0n) is 17.8. The first-order chi connectivity index (χ1) is 14.8. The number of nitrogens with one attached hydrogen (secondary N) is 1. The first-order valence-corrected chi connectivity index (χ1v) is 11.4. The molecule has 0 aliphatic rings. The van der Waals surface area contributed by atoms with Crippen molar-refractivity contribution >= 4 is 27.3 Å². The summed E-state index contributed by atoms with van der Waals surface area (Å²) in [6.07, 6.45) is 0. The fourth-order valence-corrected chi connectivity index (χ4v) is 4.60. The molecule has 7 heteroatoms. The summed E-state index contributed by atoms with van der Waals surface area (Å²) in [6.45, 7) is 5.80. The Morgan fingerprint density at radius 3 is 2.19 bits per heavy atom. The number of carbonyl (C=O) groups excluding carboxylic acids is 1. The van der Waals surface area contributed by atoms with Gasteiger partial charge < -0.3 is 10.1 Å². The third kappa shape index (κ3) is 5.44. The molecule has 3 aromatic carbocycles. The van der Waals surface area contributed by atoms with Gasteiger partial charge in [-0.15, -0.1) is 0 Å². The Hall–Kier alpha value is -3.32. The van der Waals surface area contributed by atoms with E-state index in [4.69, 9.17) is 4.74 Å². The minimum absolute atomic E-state index is 0.134. The van der Waals surface area contributed by atoms with Crippen LogP contribution in [0.4, 0.5) is 11.4 Å². The number of nitrogens with zero attached hydrogens (tertiary/aromatic N) is 1. The molecule has 31 heavy (non-hydrogen) atoms. The average molecular weight is 439 g/mol. The summed E-state index contributed by atoms with van der Waals surface area (Å²) >= 11 is 0. The molecular formula is C24H26N2O4S. The molecule has 1 amide bonds. The van der Waals surface area contributed by atoms with Crippen LogP contribution >= 0.6 is 0 Å². The number of benzene rings is 3. The number of para-hydroxylation sites is 1. The lowest BCUT2D eigenvalue weighted by Gasteiger charge is -2.25. The van der Waals surface area contributed by atoms with Gasteiger partial charge in [-0.05, 0) is 68.8 Å². The number of aryl methyl sites for hydroxylation is 2. The summed E-state index contributed by atoms with van der Waals surface area (Å²) in [5.41, 5.74) is 2.73. The third-order valence-corrected chi connectivity index (χ3v) is 6.50. The number of ether oxygens (including phenoxy) is 1. The molecule has 0 radical (unpaired) electrons. The van der Waals surface area contributed by atoms with Crippen molar-refractivity contribution < 1.29 is 17.9 Å². The van der Waals surface area contributed by atoms with Crippen LogP contribution in [-0.4, -0.2) is 27.5 Å². The van der Waals surface area contributed by atoms with E-state index in [2.05, 4.69) is 5.32 Å². The van der Waals surface area contributed by atoms with E-state index in [9.17, 15) is 13.2 Å². The maximum Gasteiger partial charge on any atom is 0.264 e. The molecule has 0 aliphatic carbocycles. The molecular weight excluding hydrogens is 412 g/mol. The lowest BCUT2D eigenvalue weighted by molar-refractivity contribution is -0.114. The van der Waals surface area contributed by atoms with E-state index in [1.165, 1.54) is 0 Å². The van der Waals surface area contributed by atoms with Gasteiger partial charge in [0, 0.05) is 5.69 Å². The topological polar surface area (TPSA) is 75.7 Å². The first-order valence-electron chi connectivity index (χ1n) is 9.99. The van der Waals surface area contributed by atoms with Crippen LogP contribution in [0.1, 0.15) is 18.1 Å². The number of hydrogen-bond donors (Lipinski definition) is 1. The van der Waals surface area contributed by atoms with E-state index in [1.807, 2.05) is 32.9 Å². The van der Waals surface area contributed by atoms with Crippen LogP contribution in [0.2, 0.25) is 0 Å². The van der Waals surface area contributed by atoms with Crippen molar-refractivity contribution in [2.75, 3.05) is 22.8 Å². The van der Waals surface area contributed by atoms with Gasteiger partial charge in [0.1, 0.15) is 12.3 Å². The zero-order chi connectivity index (χ0) is 22.4. The van der Waals surface area contributed by atoms with Gasteiger partial charge in [-0.1, -0.05) is 35.9 Å². The Labute approximate surface area is 183 Å². The molecule has 6 nitrogen and oxygen atoms in total. The maximum absolute atomic E-state index is 13.4. The number of anilines is 2. The summed E-state index contributed by atoms with van der Waals surface area (Å²) in [4.78, 5) is 12.9. The molecule has 0 unspecified atom stereocenters. The van der Waals surface area contributed by atoms with Gasteiger partial charge in [0.2, 0.25) is 5.91 Å². The highest BCUT2D eigenvalue weighted by molar-refractivity contribution is 7.92. The molecule has 0 aromatic heterocycles. The molecule has 0 saturated carbocycles. The molecule has 0 aliphatic heterocycles. The molecule has 0 bridgehead atoms. The fourth-order valence-electron chi connectivity index (χ4n) is 3.11. The monoisotopic (exact) mass is 438 g/mol. The third-order valence-electron chi connectivity index (χ3n) is 4.73. The van der Waals surface area contributed by atoms with E-state index in [0.29, 0.717) is 23.7 Å². The van der Waals surface area contributed by atoms with Crippen molar-refractivity contribution in [2.24, 2.45) is 0 Å². The van der Waals surface area contributed by atoms with Gasteiger partial charge in [0.15, 0.2) is 0 Å². The minimum atomic E-state index is -3.94. The Balaban J connectivity index is 1.89. The zero-order valence-corrected chi connectivity index (χ0v) is 18.6. The Morgan fingerprint density at radius 1 is 0.935 bits per heavy atom. The molecule has 162 valence electrons. The van der Waals surface area contributed by atoms with Crippen LogP contribution in [0.15, 0.2) is 77.7 Å². The lowest BCUT2D eigenvalue weighted by Crippen LogP contribution is -2.38. The van der Waals surface area contributed by atoms with Crippen molar-refractivity contribution in [3.63, 3.8) is 0 Å². The Kier molecular flexibility index (Phi) is 6.97. The highest BCUT2D eigenvalue weighted by Gasteiger charge is 2.28. The summed E-state index contributed by atoms with van der Waals surface area (Å²) in [5, 5.41) is 2.76. The predicted molar refractivity (Wildman–Crippen MR) is 123 cm³/mol. The van der Waals surface area contributed by atoms with Crippen LogP contribution in [-0.2, 0) is 14.8 Å². The maximum atomic E-state index is 13.4. The average Bonchev–Trinajstić information content (AvgIpc) is 2.74. The molecule has 0 spiro atoms. The number of carbonyl (C=O) groups is 1.